The summed E-state index contributed by atoms with van der Waals surface area (Å²) in [6.07, 6.45) is 2.95. The van der Waals surface area contributed by atoms with Gasteiger partial charge in [0.15, 0.2) is 0 Å². The standard InChI is InChI=1S/C13H19NO/c1-4-10-14-13(5-2)11-6-8-12(15-3)9-7-11/h4,6-9,13-14H,1,5,10H2,2-3H3/t13-/m0/s1. The molecule has 0 unspecified atom stereocenters. The molecule has 1 N–H and O–H groups in total. The Kier molecular flexibility index (Phi) is 4.91. The van der Waals surface area contributed by atoms with E-state index in [-0.39, 0.29) is 0 Å². The van der Waals surface area contributed by atoms with Crippen molar-refractivity contribution in [1.82, 2.24) is 5.32 Å². The van der Waals surface area contributed by atoms with Gasteiger partial charge in [-0.15, -0.1) is 6.58 Å². The van der Waals surface area contributed by atoms with Gasteiger partial charge in [-0.2, -0.15) is 0 Å². The van der Waals surface area contributed by atoms with E-state index in [2.05, 4.69) is 31.0 Å². The normalized spacial score (nSPS) is 12.1. The lowest BCUT2D eigenvalue weighted by molar-refractivity contribution is 0.414. The largest absolute Gasteiger partial charge is 0.497 e. The summed E-state index contributed by atoms with van der Waals surface area (Å²) >= 11 is 0. The molecule has 0 aliphatic rings. The van der Waals surface area contributed by atoms with E-state index in [1.165, 1.54) is 5.56 Å². The number of methoxy groups -OCH3 is 1. The summed E-state index contributed by atoms with van der Waals surface area (Å²) < 4.78 is 5.13. The predicted octanol–water partition coefficient (Wildman–Crippen LogP) is 2.92. The molecule has 15 heavy (non-hydrogen) atoms. The highest BCUT2D eigenvalue weighted by Gasteiger charge is 2.06. The molecule has 1 atom stereocenters. The number of hydrogen-bond donors (Lipinski definition) is 1. The maximum Gasteiger partial charge on any atom is 0.118 e. The average molecular weight is 205 g/mol. The third kappa shape index (κ3) is 3.40. The van der Waals surface area contributed by atoms with Crippen LogP contribution in [0.2, 0.25) is 0 Å². The third-order valence-corrected chi connectivity index (χ3v) is 2.44. The van der Waals surface area contributed by atoms with Gasteiger partial charge < -0.3 is 10.1 Å². The van der Waals surface area contributed by atoms with Gasteiger partial charge in [0.25, 0.3) is 0 Å². The average Bonchev–Trinajstić information content (AvgIpc) is 2.31. The van der Waals surface area contributed by atoms with E-state index in [0.29, 0.717) is 6.04 Å². The van der Waals surface area contributed by atoms with Gasteiger partial charge in [0.1, 0.15) is 5.75 Å². The first-order valence-electron chi connectivity index (χ1n) is 5.30. The van der Waals surface area contributed by atoms with E-state index in [0.717, 1.165) is 18.7 Å². The summed E-state index contributed by atoms with van der Waals surface area (Å²) in [5.41, 5.74) is 1.29. The van der Waals surface area contributed by atoms with E-state index in [1.54, 1.807) is 7.11 Å². The first-order chi connectivity index (χ1) is 7.31. The summed E-state index contributed by atoms with van der Waals surface area (Å²) in [7, 11) is 1.68. The minimum Gasteiger partial charge on any atom is -0.497 e. The van der Waals surface area contributed by atoms with E-state index in [9.17, 15) is 0 Å². The molecule has 1 aromatic carbocycles. The van der Waals surface area contributed by atoms with Crippen molar-refractivity contribution in [3.63, 3.8) is 0 Å². The zero-order chi connectivity index (χ0) is 11.1. The molecular formula is C13H19NO. The van der Waals surface area contributed by atoms with Crippen LogP contribution in [0.25, 0.3) is 0 Å². The lowest BCUT2D eigenvalue weighted by Gasteiger charge is -2.16. The van der Waals surface area contributed by atoms with Crippen molar-refractivity contribution < 1.29 is 4.74 Å². The Labute approximate surface area is 92.0 Å². The molecule has 0 fully saturated rings. The van der Waals surface area contributed by atoms with Crippen LogP contribution in [0, 0.1) is 0 Å². The van der Waals surface area contributed by atoms with Crippen LogP contribution in [0.3, 0.4) is 0 Å². The molecule has 1 rings (SSSR count). The molecule has 82 valence electrons. The fourth-order valence-electron chi connectivity index (χ4n) is 1.56. The molecule has 1 aromatic rings. The van der Waals surface area contributed by atoms with Gasteiger partial charge in [0.2, 0.25) is 0 Å². The number of rotatable bonds is 6. The molecular weight excluding hydrogens is 186 g/mol. The van der Waals surface area contributed by atoms with Gasteiger partial charge in [-0.05, 0) is 24.1 Å². The summed E-state index contributed by atoms with van der Waals surface area (Å²) in [5, 5.41) is 3.41. The second-order valence-corrected chi connectivity index (χ2v) is 3.43. The Morgan fingerprint density at radius 1 is 1.40 bits per heavy atom. The van der Waals surface area contributed by atoms with Gasteiger partial charge in [0.05, 0.1) is 7.11 Å². The summed E-state index contributed by atoms with van der Waals surface area (Å²) in [5.74, 6) is 0.900. The Hall–Kier alpha value is -1.28. The van der Waals surface area contributed by atoms with Crippen LogP contribution in [0.4, 0.5) is 0 Å². The van der Waals surface area contributed by atoms with Crippen LogP contribution in [-0.2, 0) is 0 Å². The van der Waals surface area contributed by atoms with Crippen LogP contribution in [0.15, 0.2) is 36.9 Å². The van der Waals surface area contributed by atoms with Crippen LogP contribution >= 0.6 is 0 Å². The van der Waals surface area contributed by atoms with E-state index in [4.69, 9.17) is 4.74 Å². The smallest absolute Gasteiger partial charge is 0.118 e. The lowest BCUT2D eigenvalue weighted by atomic mass is 10.0. The summed E-state index contributed by atoms with van der Waals surface area (Å²) in [6, 6.07) is 8.58. The van der Waals surface area contributed by atoms with Crippen molar-refractivity contribution in [3.05, 3.63) is 42.5 Å². The van der Waals surface area contributed by atoms with Crippen LogP contribution in [0.5, 0.6) is 5.75 Å². The van der Waals surface area contributed by atoms with Crippen LogP contribution < -0.4 is 10.1 Å². The van der Waals surface area contributed by atoms with Crippen LogP contribution in [-0.4, -0.2) is 13.7 Å². The van der Waals surface area contributed by atoms with Gasteiger partial charge >= 0.3 is 0 Å². The molecule has 0 aliphatic carbocycles. The Bertz CT molecular complexity index is 292. The molecule has 0 bridgehead atoms. The fourth-order valence-corrected chi connectivity index (χ4v) is 1.56. The van der Waals surface area contributed by atoms with Crippen molar-refractivity contribution in [2.45, 2.75) is 19.4 Å². The SMILES string of the molecule is C=CCN[C@@H](CC)c1ccc(OC)cc1. The molecule has 2 nitrogen and oxygen atoms in total. The molecule has 2 heteroatoms. The van der Waals surface area contributed by atoms with Gasteiger partial charge in [0, 0.05) is 12.6 Å². The van der Waals surface area contributed by atoms with Gasteiger partial charge in [-0.3, -0.25) is 0 Å². The quantitative estimate of drug-likeness (QED) is 0.721. The van der Waals surface area contributed by atoms with Gasteiger partial charge in [-0.25, -0.2) is 0 Å². The molecule has 0 saturated carbocycles. The molecule has 0 saturated heterocycles. The highest BCUT2D eigenvalue weighted by atomic mass is 16.5. The van der Waals surface area contributed by atoms with Crippen LogP contribution in [0.1, 0.15) is 24.9 Å². The maximum absolute atomic E-state index is 5.13. The van der Waals surface area contributed by atoms with E-state index >= 15 is 0 Å². The molecule has 0 spiro atoms. The maximum atomic E-state index is 5.13. The second kappa shape index (κ2) is 6.25. The molecule has 0 aliphatic heterocycles. The monoisotopic (exact) mass is 205 g/mol. The van der Waals surface area contributed by atoms with Crippen molar-refractivity contribution in [1.29, 1.82) is 0 Å². The fraction of sp³-hybridized carbons (Fsp3) is 0.385. The van der Waals surface area contributed by atoms with Gasteiger partial charge in [-0.1, -0.05) is 25.1 Å². The zero-order valence-electron chi connectivity index (χ0n) is 9.49. The first-order valence-corrected chi connectivity index (χ1v) is 5.30. The number of ether oxygens (including phenoxy) is 1. The first kappa shape index (κ1) is 11.8. The van der Waals surface area contributed by atoms with E-state index in [1.807, 2.05) is 18.2 Å². The van der Waals surface area contributed by atoms with Crippen molar-refractivity contribution in [3.8, 4) is 5.75 Å². The predicted molar refractivity (Wildman–Crippen MR) is 64.2 cm³/mol. The molecule has 0 radical (unpaired) electrons. The highest BCUT2D eigenvalue weighted by Crippen LogP contribution is 2.19. The summed E-state index contributed by atoms with van der Waals surface area (Å²) in [6.45, 7) is 6.71. The zero-order valence-corrected chi connectivity index (χ0v) is 9.49. The minimum absolute atomic E-state index is 0.397. The van der Waals surface area contributed by atoms with Crippen molar-refractivity contribution >= 4 is 0 Å². The number of hydrogen-bond acceptors (Lipinski definition) is 2. The second-order valence-electron chi connectivity index (χ2n) is 3.43. The van der Waals surface area contributed by atoms with Crippen molar-refractivity contribution in [2.75, 3.05) is 13.7 Å². The Morgan fingerprint density at radius 2 is 2.07 bits per heavy atom. The Balaban J connectivity index is 2.69. The number of benzene rings is 1. The Morgan fingerprint density at radius 3 is 2.53 bits per heavy atom. The van der Waals surface area contributed by atoms with Crippen molar-refractivity contribution in [2.24, 2.45) is 0 Å². The van der Waals surface area contributed by atoms with E-state index < -0.39 is 0 Å². The third-order valence-electron chi connectivity index (χ3n) is 2.44. The minimum atomic E-state index is 0.397. The highest BCUT2D eigenvalue weighted by molar-refractivity contribution is 5.29. The molecule has 0 heterocycles. The lowest BCUT2D eigenvalue weighted by Crippen LogP contribution is -2.20. The molecule has 0 amide bonds. The molecule has 0 aromatic heterocycles. The summed E-state index contributed by atoms with van der Waals surface area (Å²) in [4.78, 5) is 0. The number of nitrogens with one attached hydrogen (secondary N) is 1. The topological polar surface area (TPSA) is 21.3 Å².